The average molecular weight is 937 g/mol. The van der Waals surface area contributed by atoms with Crippen LogP contribution in [0.4, 0.5) is 39.6 Å². The van der Waals surface area contributed by atoms with Crippen molar-refractivity contribution in [2.24, 2.45) is 10.2 Å². The van der Waals surface area contributed by atoms with Gasteiger partial charge < -0.3 is 5.32 Å². The lowest BCUT2D eigenvalue weighted by molar-refractivity contribution is 0.481. The van der Waals surface area contributed by atoms with Crippen LogP contribution >= 0.6 is 22.7 Å². The van der Waals surface area contributed by atoms with E-state index < -0.39 is 15.5 Å². The third-order valence-electron chi connectivity index (χ3n) is 11.5. The maximum Gasteiger partial charge on any atom is 0.295 e. The lowest BCUT2D eigenvalue weighted by Crippen LogP contribution is -2.19. The van der Waals surface area contributed by atoms with Crippen LogP contribution in [0.25, 0.3) is 25.6 Å². The molecule has 16 heteroatoms. The van der Waals surface area contributed by atoms with E-state index in [0.29, 0.717) is 68.5 Å². The van der Waals surface area contributed by atoms with E-state index in [4.69, 9.17) is 30.3 Å². The van der Waals surface area contributed by atoms with Crippen molar-refractivity contribution in [3.05, 3.63) is 123 Å². The van der Waals surface area contributed by atoms with E-state index in [1.807, 2.05) is 107 Å². The molecule has 0 spiro atoms. The summed E-state index contributed by atoms with van der Waals surface area (Å²) in [5, 5.41) is 30.4. The smallest absolute Gasteiger partial charge is 0.295 e. The molecule has 0 atom stereocenters. The van der Waals surface area contributed by atoms with Gasteiger partial charge in [-0.05, 0) is 110 Å². The Balaban J connectivity index is 1.43. The van der Waals surface area contributed by atoms with Crippen LogP contribution in [0.15, 0.2) is 87.9 Å². The van der Waals surface area contributed by atoms with Gasteiger partial charge in [0.15, 0.2) is 16.8 Å². The first kappa shape index (κ1) is 46.2. The first-order valence-electron chi connectivity index (χ1n) is 22.0. The normalized spacial score (nSPS) is 12.2. The molecular formula is C50H52N10O3S3. The lowest BCUT2D eigenvalue weighted by atomic mass is 9.90. The predicted octanol–water partition coefficient (Wildman–Crippen LogP) is 13.7. The number of nitrogens with zero attached hydrogens (tertiary/aromatic N) is 9. The Morgan fingerprint density at radius 2 is 1.42 bits per heavy atom. The van der Waals surface area contributed by atoms with Gasteiger partial charge in [0.25, 0.3) is 10.1 Å². The number of hydrogen-bond acceptors (Lipinski definition) is 13. The van der Waals surface area contributed by atoms with Gasteiger partial charge in [0, 0.05) is 11.1 Å². The van der Waals surface area contributed by atoms with Crippen molar-refractivity contribution in [2.45, 2.75) is 105 Å². The highest BCUT2D eigenvalue weighted by molar-refractivity contribution is 7.86. The number of anilines is 5. The zero-order chi connectivity index (χ0) is 47.2. The fourth-order valence-corrected chi connectivity index (χ4v) is 11.4. The topological polar surface area (TPSA) is 175 Å². The van der Waals surface area contributed by atoms with Gasteiger partial charge in [-0.3, -0.25) is 9.45 Å². The van der Waals surface area contributed by atoms with E-state index in [1.54, 1.807) is 11.6 Å². The molecule has 0 aliphatic heterocycles. The molecule has 0 fully saturated rings. The SMILES string of the molecule is CCc1cc(C)cc(CC)c1Nc1nc(N(c2nc3ccccc3s2)c2c(CC)cc(C)c(S(=O)(=O)O)c2CC)cc(C)c1N=Nc1c(C#N)c(C(C)(C)C)nn1-c1nc2ccccc2s1. The molecule has 8 rings (SSSR count). The van der Waals surface area contributed by atoms with Crippen LogP contribution in [-0.2, 0) is 41.2 Å². The summed E-state index contributed by atoms with van der Waals surface area (Å²) in [5.74, 6) is 1.06. The van der Waals surface area contributed by atoms with E-state index in [2.05, 4.69) is 44.3 Å². The lowest BCUT2D eigenvalue weighted by Gasteiger charge is -2.29. The molecule has 4 aromatic heterocycles. The Morgan fingerprint density at radius 3 is 1.98 bits per heavy atom. The van der Waals surface area contributed by atoms with Gasteiger partial charge in [0.2, 0.25) is 5.13 Å². The Kier molecular flexibility index (Phi) is 12.7. The Labute approximate surface area is 393 Å². The van der Waals surface area contributed by atoms with E-state index in [9.17, 15) is 18.2 Å². The number of nitrogens with one attached hydrogen (secondary N) is 1. The molecule has 13 nitrogen and oxygen atoms in total. The van der Waals surface area contributed by atoms with Crippen LogP contribution in [0.3, 0.4) is 0 Å². The number of rotatable bonds is 13. The first-order valence-corrected chi connectivity index (χ1v) is 25.1. The third kappa shape index (κ3) is 8.59. The third-order valence-corrected chi connectivity index (χ3v) is 14.7. The minimum Gasteiger partial charge on any atom is -0.338 e. The predicted molar refractivity (Wildman–Crippen MR) is 268 cm³/mol. The number of hydrogen-bond donors (Lipinski definition) is 2. The number of nitriles is 1. The summed E-state index contributed by atoms with van der Waals surface area (Å²) in [5.41, 5.74) is 9.59. The molecule has 0 aliphatic carbocycles. The highest BCUT2D eigenvalue weighted by atomic mass is 32.2. The number of aromatic nitrogens is 5. The first-order chi connectivity index (χ1) is 31.5. The van der Waals surface area contributed by atoms with Crippen molar-refractivity contribution in [1.29, 1.82) is 5.26 Å². The molecule has 4 heterocycles. The van der Waals surface area contributed by atoms with Gasteiger partial charge in [-0.15, -0.1) is 10.2 Å². The summed E-state index contributed by atoms with van der Waals surface area (Å²) in [6.07, 6.45) is 2.33. The molecule has 0 unspecified atom stereocenters. The van der Waals surface area contributed by atoms with Crippen molar-refractivity contribution in [3.63, 3.8) is 0 Å². The molecule has 338 valence electrons. The summed E-state index contributed by atoms with van der Waals surface area (Å²) >= 11 is 2.90. The number of pyridine rings is 1. The van der Waals surface area contributed by atoms with Crippen molar-refractivity contribution >= 4 is 92.9 Å². The second kappa shape index (κ2) is 18.1. The number of thiazole rings is 2. The second-order valence-electron chi connectivity index (χ2n) is 17.3. The maximum absolute atomic E-state index is 13.2. The van der Waals surface area contributed by atoms with E-state index in [1.165, 1.54) is 22.7 Å². The number of para-hydroxylation sites is 2. The molecule has 66 heavy (non-hydrogen) atoms. The van der Waals surface area contributed by atoms with Gasteiger partial charge in [0.1, 0.15) is 28.0 Å². The number of benzene rings is 4. The number of fused-ring (bicyclic) bond motifs is 2. The molecule has 4 aromatic carbocycles. The molecule has 2 N–H and O–H groups in total. The average Bonchev–Trinajstić information content (AvgIpc) is 4.01. The van der Waals surface area contributed by atoms with Crippen molar-refractivity contribution in [3.8, 4) is 11.2 Å². The summed E-state index contributed by atoms with van der Waals surface area (Å²) in [6, 6.07) is 26.1. The quantitative estimate of drug-likeness (QED) is 0.0836. The van der Waals surface area contributed by atoms with Gasteiger partial charge in [-0.2, -0.15) is 23.5 Å². The highest BCUT2D eigenvalue weighted by Crippen LogP contribution is 2.47. The largest absolute Gasteiger partial charge is 0.338 e. The summed E-state index contributed by atoms with van der Waals surface area (Å²) < 4.78 is 40.7. The molecule has 0 saturated carbocycles. The van der Waals surface area contributed by atoms with E-state index >= 15 is 0 Å². The van der Waals surface area contributed by atoms with Crippen LogP contribution in [-0.4, -0.2) is 37.7 Å². The summed E-state index contributed by atoms with van der Waals surface area (Å²) in [6.45, 7) is 19.9. The van der Waals surface area contributed by atoms with Crippen molar-refractivity contribution < 1.29 is 13.0 Å². The highest BCUT2D eigenvalue weighted by Gasteiger charge is 2.32. The molecular weight excluding hydrogens is 885 g/mol. The Morgan fingerprint density at radius 1 is 0.803 bits per heavy atom. The van der Waals surface area contributed by atoms with Gasteiger partial charge in [0.05, 0.1) is 31.8 Å². The van der Waals surface area contributed by atoms with Crippen LogP contribution in [0.5, 0.6) is 0 Å². The monoisotopic (exact) mass is 936 g/mol. The number of azo groups is 1. The Bertz CT molecular complexity index is 3280. The summed E-state index contributed by atoms with van der Waals surface area (Å²) in [7, 11) is -4.65. The fourth-order valence-electron chi connectivity index (χ4n) is 8.50. The van der Waals surface area contributed by atoms with Gasteiger partial charge in [-0.25, -0.2) is 15.0 Å². The molecule has 0 amide bonds. The summed E-state index contributed by atoms with van der Waals surface area (Å²) in [4.78, 5) is 17.2. The second-order valence-corrected chi connectivity index (χ2v) is 20.6. The van der Waals surface area contributed by atoms with Gasteiger partial charge in [-0.1, -0.05) is 119 Å². The van der Waals surface area contributed by atoms with Crippen LogP contribution in [0.2, 0.25) is 0 Å². The van der Waals surface area contributed by atoms with Crippen LogP contribution in [0, 0.1) is 32.1 Å². The van der Waals surface area contributed by atoms with E-state index in [-0.39, 0.29) is 16.3 Å². The molecule has 0 bridgehead atoms. The number of aryl methyl sites for hydroxylation is 6. The van der Waals surface area contributed by atoms with E-state index in [0.717, 1.165) is 61.2 Å². The zero-order valence-electron chi connectivity index (χ0n) is 38.8. The van der Waals surface area contributed by atoms with Gasteiger partial charge >= 0.3 is 0 Å². The zero-order valence-corrected chi connectivity index (χ0v) is 41.2. The van der Waals surface area contributed by atoms with Crippen LogP contribution in [0.1, 0.15) is 98.7 Å². The molecule has 0 aliphatic rings. The molecule has 0 radical (unpaired) electrons. The van der Waals surface area contributed by atoms with Crippen molar-refractivity contribution in [2.75, 3.05) is 10.2 Å². The van der Waals surface area contributed by atoms with Crippen molar-refractivity contribution in [1.82, 2.24) is 24.7 Å². The molecule has 8 aromatic rings. The standard InChI is InChI=1S/C50H52N10O3S3/c1-11-31-23-28(5)24-32(12-2)42(31)55-46-41(56-57-47-35(27-51)45(50(8,9)10)58-60(47)49-53-37-20-16-18-22-39(37)65-49)29(6)26-40(54-46)59(48-52-36-19-15-17-21-38(36)64-48)43-33(13-3)25-30(7)44(34(43)14-4)66(61,62)63/h15-26H,11-14H2,1-10H3,(H,54,55)(H,61,62,63). The minimum absolute atomic E-state index is 0.128. The Hall–Kier alpha value is -6.38. The molecule has 0 saturated heterocycles. The minimum atomic E-state index is -4.65. The maximum atomic E-state index is 13.2. The van der Waals surface area contributed by atoms with Crippen LogP contribution < -0.4 is 10.2 Å². The fraction of sp³-hybridized carbons (Fsp3) is 0.300.